The van der Waals surface area contributed by atoms with Gasteiger partial charge in [0.25, 0.3) is 0 Å². The average Bonchev–Trinajstić information content (AvgIpc) is 2.41. The summed E-state index contributed by atoms with van der Waals surface area (Å²) in [7, 11) is -3.58. The van der Waals surface area contributed by atoms with Crippen molar-refractivity contribution in [3.05, 3.63) is 22.2 Å². The van der Waals surface area contributed by atoms with E-state index in [4.69, 9.17) is 5.73 Å². The number of piperidine rings is 1. The number of amides is 1. The lowest BCUT2D eigenvalue weighted by molar-refractivity contribution is -0.114. The maximum absolute atomic E-state index is 12.8. The van der Waals surface area contributed by atoms with E-state index in [0.29, 0.717) is 28.8 Å². The lowest BCUT2D eigenvalue weighted by Crippen LogP contribution is -2.45. The van der Waals surface area contributed by atoms with Gasteiger partial charge in [-0.05, 0) is 53.4 Å². The van der Waals surface area contributed by atoms with Crippen LogP contribution in [-0.2, 0) is 14.8 Å². The molecule has 1 unspecified atom stereocenters. The van der Waals surface area contributed by atoms with E-state index >= 15 is 0 Å². The van der Waals surface area contributed by atoms with Gasteiger partial charge in [-0.25, -0.2) is 8.42 Å². The molecule has 1 heterocycles. The molecule has 0 spiro atoms. The topological polar surface area (TPSA) is 92.5 Å². The van der Waals surface area contributed by atoms with E-state index in [9.17, 15) is 13.2 Å². The van der Waals surface area contributed by atoms with E-state index in [2.05, 4.69) is 21.2 Å². The second-order valence-electron chi connectivity index (χ2n) is 5.54. The van der Waals surface area contributed by atoms with Crippen LogP contribution in [0.15, 0.2) is 21.5 Å². The van der Waals surface area contributed by atoms with Gasteiger partial charge in [0, 0.05) is 30.5 Å². The molecule has 130 valence electrons. The zero-order chi connectivity index (χ0) is 16.5. The molecule has 0 aliphatic carbocycles. The summed E-state index contributed by atoms with van der Waals surface area (Å²) in [6.45, 7) is 3.95. The van der Waals surface area contributed by atoms with Gasteiger partial charge in [-0.15, -0.1) is 12.4 Å². The van der Waals surface area contributed by atoms with E-state index in [1.54, 1.807) is 13.0 Å². The zero-order valence-corrected chi connectivity index (χ0v) is 16.2. The molecule has 1 fully saturated rings. The van der Waals surface area contributed by atoms with Crippen molar-refractivity contribution in [3.8, 4) is 0 Å². The van der Waals surface area contributed by atoms with E-state index < -0.39 is 10.0 Å². The molecule has 1 aromatic rings. The molecule has 1 atom stereocenters. The molecule has 3 N–H and O–H groups in total. The molecule has 1 aromatic carbocycles. The van der Waals surface area contributed by atoms with Crippen LogP contribution >= 0.6 is 28.3 Å². The molecule has 1 aliphatic rings. The minimum absolute atomic E-state index is 0. The molecule has 0 saturated carbocycles. The Labute approximate surface area is 151 Å². The fourth-order valence-electron chi connectivity index (χ4n) is 2.56. The first-order valence-corrected chi connectivity index (χ1v) is 9.28. The van der Waals surface area contributed by atoms with Crippen molar-refractivity contribution in [2.75, 3.05) is 18.4 Å². The number of benzene rings is 1. The zero-order valence-electron chi connectivity index (χ0n) is 13.0. The molecule has 1 amide bonds. The number of nitrogens with one attached hydrogen (secondary N) is 1. The standard InChI is InChI=1S/C14H20BrN3O3S.ClH/c1-9-6-13(17-10(2)19)12(15)7-14(9)22(20,21)18-5-3-4-11(16)8-18;/h6-7,11H,3-5,8,16H2,1-2H3,(H,17,19);1H. The summed E-state index contributed by atoms with van der Waals surface area (Å²) in [5, 5.41) is 2.66. The summed E-state index contributed by atoms with van der Waals surface area (Å²) in [4.78, 5) is 11.4. The lowest BCUT2D eigenvalue weighted by Gasteiger charge is -2.30. The Hall–Kier alpha value is -0.670. The molecular formula is C14H21BrClN3O3S. The van der Waals surface area contributed by atoms with Gasteiger partial charge in [-0.2, -0.15) is 4.31 Å². The number of hydrogen-bond donors (Lipinski definition) is 2. The number of aryl methyl sites for hydroxylation is 1. The van der Waals surface area contributed by atoms with Crippen LogP contribution in [0.3, 0.4) is 0 Å². The number of rotatable bonds is 3. The number of halogens is 2. The second kappa shape index (κ2) is 7.94. The summed E-state index contributed by atoms with van der Waals surface area (Å²) in [5.74, 6) is -0.210. The molecule has 23 heavy (non-hydrogen) atoms. The minimum atomic E-state index is -3.58. The van der Waals surface area contributed by atoms with Crippen molar-refractivity contribution in [2.24, 2.45) is 5.73 Å². The second-order valence-corrected chi connectivity index (χ2v) is 8.30. The Bertz CT molecular complexity index is 697. The number of carbonyl (C=O) groups excluding carboxylic acids is 1. The summed E-state index contributed by atoms with van der Waals surface area (Å²) >= 11 is 3.32. The number of anilines is 1. The molecule has 0 bridgehead atoms. The molecule has 6 nitrogen and oxygen atoms in total. The Morgan fingerprint density at radius 1 is 1.43 bits per heavy atom. The van der Waals surface area contributed by atoms with E-state index in [1.165, 1.54) is 17.3 Å². The molecule has 9 heteroatoms. The van der Waals surface area contributed by atoms with Crippen LogP contribution in [-0.4, -0.2) is 37.8 Å². The van der Waals surface area contributed by atoms with Crippen molar-refractivity contribution in [3.63, 3.8) is 0 Å². The van der Waals surface area contributed by atoms with Crippen molar-refractivity contribution < 1.29 is 13.2 Å². The Kier molecular flexibility index (Phi) is 7.03. The highest BCUT2D eigenvalue weighted by Gasteiger charge is 2.30. The molecular weight excluding hydrogens is 406 g/mol. The van der Waals surface area contributed by atoms with E-state index in [1.807, 2.05) is 0 Å². The monoisotopic (exact) mass is 425 g/mol. The van der Waals surface area contributed by atoms with Gasteiger partial charge in [0.15, 0.2) is 0 Å². The number of nitrogens with zero attached hydrogens (tertiary/aromatic N) is 1. The first kappa shape index (κ1) is 20.4. The summed E-state index contributed by atoms with van der Waals surface area (Å²) in [5.41, 5.74) is 7.03. The van der Waals surface area contributed by atoms with E-state index in [-0.39, 0.29) is 29.3 Å². The third kappa shape index (κ3) is 4.67. The Balaban J connectivity index is 0.00000264. The highest BCUT2D eigenvalue weighted by atomic mass is 79.9. The number of nitrogens with two attached hydrogens (primary N) is 1. The van der Waals surface area contributed by atoms with Gasteiger partial charge in [-0.3, -0.25) is 4.79 Å². The fourth-order valence-corrected chi connectivity index (χ4v) is 4.92. The van der Waals surface area contributed by atoms with E-state index in [0.717, 1.165) is 12.8 Å². The SMILES string of the molecule is CC(=O)Nc1cc(C)c(S(=O)(=O)N2CCCC(N)C2)cc1Br.Cl. The van der Waals surface area contributed by atoms with Crippen LogP contribution in [0.25, 0.3) is 0 Å². The molecule has 0 radical (unpaired) electrons. The smallest absolute Gasteiger partial charge is 0.243 e. The highest BCUT2D eigenvalue weighted by Crippen LogP contribution is 2.31. The average molecular weight is 427 g/mol. The van der Waals surface area contributed by atoms with Crippen molar-refractivity contribution >= 4 is 50.0 Å². The van der Waals surface area contributed by atoms with Crippen LogP contribution in [0.1, 0.15) is 25.3 Å². The van der Waals surface area contributed by atoms with Crippen LogP contribution in [0.4, 0.5) is 5.69 Å². The number of carbonyl (C=O) groups is 1. The Morgan fingerprint density at radius 2 is 2.09 bits per heavy atom. The van der Waals surface area contributed by atoms with Crippen molar-refractivity contribution in [1.82, 2.24) is 4.31 Å². The van der Waals surface area contributed by atoms with Crippen LogP contribution in [0.5, 0.6) is 0 Å². The lowest BCUT2D eigenvalue weighted by atomic mass is 10.1. The summed E-state index contributed by atoms with van der Waals surface area (Å²) in [6, 6.07) is 3.07. The largest absolute Gasteiger partial charge is 0.327 e. The van der Waals surface area contributed by atoms with Crippen LogP contribution in [0, 0.1) is 6.92 Å². The third-order valence-corrected chi connectivity index (χ3v) is 6.28. The predicted octanol–water partition coefficient (Wildman–Crippen LogP) is 2.25. The normalized spacial score (nSPS) is 19.0. The number of sulfonamides is 1. The van der Waals surface area contributed by atoms with Gasteiger partial charge in [-0.1, -0.05) is 0 Å². The van der Waals surface area contributed by atoms with Crippen LogP contribution in [0.2, 0.25) is 0 Å². The first-order chi connectivity index (χ1) is 10.2. The predicted molar refractivity (Wildman–Crippen MR) is 96.4 cm³/mol. The summed E-state index contributed by atoms with van der Waals surface area (Å²) < 4.78 is 27.6. The quantitative estimate of drug-likeness (QED) is 0.775. The van der Waals surface area contributed by atoms with Gasteiger partial charge in [0.05, 0.1) is 10.6 Å². The van der Waals surface area contributed by atoms with Gasteiger partial charge in [0.2, 0.25) is 15.9 Å². The molecule has 2 rings (SSSR count). The number of hydrogen-bond acceptors (Lipinski definition) is 4. The maximum atomic E-state index is 12.8. The summed E-state index contributed by atoms with van der Waals surface area (Å²) in [6.07, 6.45) is 1.61. The molecule has 0 aromatic heterocycles. The Morgan fingerprint density at radius 3 is 2.65 bits per heavy atom. The first-order valence-electron chi connectivity index (χ1n) is 7.05. The minimum Gasteiger partial charge on any atom is -0.327 e. The van der Waals surface area contributed by atoms with Gasteiger partial charge in [0.1, 0.15) is 0 Å². The third-order valence-electron chi connectivity index (χ3n) is 3.61. The molecule has 1 aliphatic heterocycles. The van der Waals surface area contributed by atoms with Gasteiger partial charge < -0.3 is 11.1 Å². The fraction of sp³-hybridized carbons (Fsp3) is 0.500. The van der Waals surface area contributed by atoms with Gasteiger partial charge >= 0.3 is 0 Å². The maximum Gasteiger partial charge on any atom is 0.243 e. The molecule has 1 saturated heterocycles. The van der Waals surface area contributed by atoms with Crippen LogP contribution < -0.4 is 11.1 Å². The highest BCUT2D eigenvalue weighted by molar-refractivity contribution is 9.10. The van der Waals surface area contributed by atoms with Crippen molar-refractivity contribution in [1.29, 1.82) is 0 Å². The van der Waals surface area contributed by atoms with Crippen molar-refractivity contribution in [2.45, 2.75) is 37.6 Å².